The van der Waals surface area contributed by atoms with Crippen LogP contribution in [-0.2, 0) is 16.4 Å². The minimum Gasteiger partial charge on any atom is -0.370 e. The van der Waals surface area contributed by atoms with Crippen LogP contribution in [0.4, 0.5) is 10.1 Å². The molecule has 35 heavy (non-hydrogen) atoms. The molecule has 0 saturated carbocycles. The van der Waals surface area contributed by atoms with Gasteiger partial charge in [-0.3, -0.25) is 4.79 Å². The third kappa shape index (κ3) is 4.73. The zero-order valence-corrected chi connectivity index (χ0v) is 21.2. The number of aryl methyl sites for hydroxylation is 2. The Labute approximate surface area is 205 Å². The smallest absolute Gasteiger partial charge is 0.211 e. The predicted molar refractivity (Wildman–Crippen MR) is 139 cm³/mol. The van der Waals surface area contributed by atoms with Gasteiger partial charge in [-0.15, -0.1) is 0 Å². The van der Waals surface area contributed by atoms with Crippen molar-refractivity contribution in [2.24, 2.45) is 0 Å². The van der Waals surface area contributed by atoms with Gasteiger partial charge >= 0.3 is 0 Å². The van der Waals surface area contributed by atoms with Crippen LogP contribution < -0.4 is 10.3 Å². The first-order valence-corrected chi connectivity index (χ1v) is 13.1. The second-order valence-corrected chi connectivity index (χ2v) is 10.7. The number of rotatable bonds is 7. The lowest BCUT2D eigenvalue weighted by Gasteiger charge is -2.23. The molecule has 0 N–H and O–H groups in total. The maximum atomic E-state index is 15.2. The van der Waals surface area contributed by atoms with Gasteiger partial charge in [0.15, 0.2) is 0 Å². The van der Waals surface area contributed by atoms with E-state index in [4.69, 9.17) is 0 Å². The molecule has 0 unspecified atom stereocenters. The topological polar surface area (TPSA) is 59.4 Å². The average molecular weight is 493 g/mol. The van der Waals surface area contributed by atoms with E-state index in [2.05, 4.69) is 0 Å². The summed E-state index contributed by atoms with van der Waals surface area (Å²) in [4.78, 5) is 15.0. The largest absolute Gasteiger partial charge is 0.370 e. The van der Waals surface area contributed by atoms with Crippen molar-refractivity contribution < 1.29 is 12.8 Å². The number of hydrogen-bond acceptors (Lipinski definition) is 4. The molecule has 0 radical (unpaired) electrons. The average Bonchev–Trinajstić information content (AvgIpc) is 2.83. The monoisotopic (exact) mass is 492 g/mol. The highest BCUT2D eigenvalue weighted by atomic mass is 32.2. The normalized spacial score (nSPS) is 11.7. The van der Waals surface area contributed by atoms with E-state index in [9.17, 15) is 13.2 Å². The minimum absolute atomic E-state index is 0.0293. The van der Waals surface area contributed by atoms with Crippen LogP contribution in [0.3, 0.4) is 0 Å². The molecule has 5 nitrogen and oxygen atoms in total. The summed E-state index contributed by atoms with van der Waals surface area (Å²) >= 11 is 0. The molecule has 0 aliphatic heterocycles. The number of benzene rings is 3. The van der Waals surface area contributed by atoms with Crippen LogP contribution in [0, 0.1) is 19.7 Å². The van der Waals surface area contributed by atoms with Crippen molar-refractivity contribution in [3.05, 3.63) is 99.6 Å². The van der Waals surface area contributed by atoms with Crippen LogP contribution in [0.1, 0.15) is 30.5 Å². The SMILES string of the molecule is CCN(CC)c1cc2c(cc1F)c(=O)c(S(=O)(=O)c1ccc(C)cc1)cn2Cc1ccc(C)cc1. The molecule has 7 heteroatoms. The number of aromatic nitrogens is 1. The maximum Gasteiger partial charge on any atom is 0.211 e. The number of hydrogen-bond donors (Lipinski definition) is 0. The number of sulfone groups is 1. The molecule has 4 aromatic rings. The Morgan fingerprint density at radius 1 is 0.886 bits per heavy atom. The lowest BCUT2D eigenvalue weighted by atomic mass is 10.1. The van der Waals surface area contributed by atoms with Gasteiger partial charge in [0.25, 0.3) is 0 Å². The molecule has 1 aromatic heterocycles. The van der Waals surface area contributed by atoms with Crippen LogP contribution in [0.5, 0.6) is 0 Å². The van der Waals surface area contributed by atoms with Gasteiger partial charge in [0.05, 0.1) is 21.5 Å². The molecule has 0 bridgehead atoms. The highest BCUT2D eigenvalue weighted by Crippen LogP contribution is 2.28. The van der Waals surface area contributed by atoms with Gasteiger partial charge in [-0.2, -0.15) is 0 Å². The lowest BCUT2D eigenvalue weighted by Crippen LogP contribution is -2.24. The van der Waals surface area contributed by atoms with Gasteiger partial charge in [-0.1, -0.05) is 47.5 Å². The summed E-state index contributed by atoms with van der Waals surface area (Å²) in [6.07, 6.45) is 1.39. The summed E-state index contributed by atoms with van der Waals surface area (Å²) in [5.41, 5.74) is 3.12. The van der Waals surface area contributed by atoms with Gasteiger partial charge in [0.1, 0.15) is 10.7 Å². The van der Waals surface area contributed by atoms with Gasteiger partial charge < -0.3 is 9.47 Å². The van der Waals surface area contributed by atoms with E-state index in [0.29, 0.717) is 30.8 Å². The molecule has 4 rings (SSSR count). The van der Waals surface area contributed by atoms with Crippen molar-refractivity contribution in [1.29, 1.82) is 0 Å². The van der Waals surface area contributed by atoms with E-state index >= 15 is 4.39 Å². The quantitative estimate of drug-likeness (QED) is 0.343. The molecular formula is C28H29FN2O3S. The summed E-state index contributed by atoms with van der Waals surface area (Å²) in [6.45, 7) is 9.24. The summed E-state index contributed by atoms with van der Waals surface area (Å²) in [5, 5.41) is 0.0405. The first kappa shape index (κ1) is 24.7. The number of fused-ring (bicyclic) bond motifs is 1. The zero-order chi connectivity index (χ0) is 25.3. The molecule has 0 aliphatic rings. The fourth-order valence-corrected chi connectivity index (χ4v) is 5.60. The molecule has 0 aliphatic carbocycles. The van der Waals surface area contributed by atoms with E-state index in [1.165, 1.54) is 24.4 Å². The van der Waals surface area contributed by atoms with Crippen LogP contribution in [0.25, 0.3) is 10.9 Å². The van der Waals surface area contributed by atoms with E-state index in [-0.39, 0.29) is 15.2 Å². The second kappa shape index (κ2) is 9.66. The fraction of sp³-hybridized carbons (Fsp3) is 0.250. The highest BCUT2D eigenvalue weighted by Gasteiger charge is 2.25. The molecule has 0 saturated heterocycles. The van der Waals surface area contributed by atoms with Crippen molar-refractivity contribution in [1.82, 2.24) is 4.57 Å². The highest BCUT2D eigenvalue weighted by molar-refractivity contribution is 7.91. The van der Waals surface area contributed by atoms with E-state index < -0.39 is 21.1 Å². The molecule has 3 aromatic carbocycles. The van der Waals surface area contributed by atoms with Crippen molar-refractivity contribution in [2.45, 2.75) is 44.0 Å². The van der Waals surface area contributed by atoms with Gasteiger partial charge in [0, 0.05) is 25.8 Å². The summed E-state index contributed by atoms with van der Waals surface area (Å²) in [5.74, 6) is -0.551. The van der Waals surface area contributed by atoms with Crippen LogP contribution in [0.15, 0.2) is 81.4 Å². The van der Waals surface area contributed by atoms with E-state index in [1.807, 2.05) is 56.9 Å². The number of nitrogens with zero attached hydrogens (tertiary/aromatic N) is 2. The van der Waals surface area contributed by atoms with Crippen molar-refractivity contribution in [3.63, 3.8) is 0 Å². The number of halogens is 1. The standard InChI is InChI=1S/C28H29FN2O3S/c1-5-30(6-2)26-16-25-23(15-24(26)29)28(32)27(35(33,34)22-13-9-20(4)10-14-22)18-31(25)17-21-11-7-19(3)8-12-21/h7-16,18H,5-6,17H2,1-4H3. The van der Waals surface area contributed by atoms with E-state index in [1.54, 1.807) is 22.8 Å². The van der Waals surface area contributed by atoms with Crippen molar-refractivity contribution in [3.8, 4) is 0 Å². The van der Waals surface area contributed by atoms with Gasteiger partial charge in [0.2, 0.25) is 15.3 Å². The zero-order valence-electron chi connectivity index (χ0n) is 20.4. The molecule has 0 amide bonds. The van der Waals surface area contributed by atoms with Crippen molar-refractivity contribution >= 4 is 26.4 Å². The Morgan fingerprint density at radius 3 is 2.03 bits per heavy atom. The summed E-state index contributed by atoms with van der Waals surface area (Å²) in [7, 11) is -4.11. The minimum atomic E-state index is -4.11. The van der Waals surface area contributed by atoms with E-state index in [0.717, 1.165) is 16.7 Å². The van der Waals surface area contributed by atoms with Gasteiger partial charge in [-0.05, 0) is 57.5 Å². The third-order valence-corrected chi connectivity index (χ3v) is 8.08. The number of anilines is 1. The molecule has 182 valence electrons. The molecule has 0 fully saturated rings. The fourth-order valence-electron chi connectivity index (χ4n) is 4.24. The number of pyridine rings is 1. The predicted octanol–water partition coefficient (Wildman–Crippen LogP) is 5.48. The Hall–Kier alpha value is -3.45. The Balaban J connectivity index is 2.01. The first-order valence-electron chi connectivity index (χ1n) is 11.6. The van der Waals surface area contributed by atoms with Crippen LogP contribution in [-0.4, -0.2) is 26.1 Å². The molecule has 0 atom stereocenters. The van der Waals surface area contributed by atoms with Crippen LogP contribution in [0.2, 0.25) is 0 Å². The Kier molecular flexibility index (Phi) is 6.81. The Bertz CT molecular complexity index is 1540. The maximum absolute atomic E-state index is 15.2. The Morgan fingerprint density at radius 2 is 1.46 bits per heavy atom. The summed E-state index contributed by atoms with van der Waals surface area (Å²) in [6, 6.07) is 17.1. The first-order chi connectivity index (χ1) is 16.6. The third-order valence-electron chi connectivity index (χ3n) is 6.31. The second-order valence-electron chi connectivity index (χ2n) is 8.75. The van der Waals surface area contributed by atoms with Crippen molar-refractivity contribution in [2.75, 3.05) is 18.0 Å². The lowest BCUT2D eigenvalue weighted by molar-refractivity contribution is 0.593. The van der Waals surface area contributed by atoms with Crippen LogP contribution >= 0.6 is 0 Å². The molecule has 0 spiro atoms. The molecular weight excluding hydrogens is 463 g/mol. The molecule has 1 heterocycles. The van der Waals surface area contributed by atoms with Gasteiger partial charge in [-0.25, -0.2) is 12.8 Å². The summed E-state index contributed by atoms with van der Waals surface area (Å²) < 4.78 is 43.9.